The van der Waals surface area contributed by atoms with E-state index >= 15 is 0 Å². The lowest BCUT2D eigenvalue weighted by Gasteiger charge is -2.42. The van der Waals surface area contributed by atoms with Crippen molar-refractivity contribution in [3.05, 3.63) is 53.4 Å². The number of carbonyl (C=O) groups excluding carboxylic acids is 1. The molecule has 0 unspecified atom stereocenters. The summed E-state index contributed by atoms with van der Waals surface area (Å²) in [6.07, 6.45) is 6.32. The molecule has 2 fully saturated rings. The molecule has 1 amide bonds. The maximum atomic E-state index is 12.5. The molecule has 0 bridgehead atoms. The van der Waals surface area contributed by atoms with Crippen LogP contribution in [0, 0.1) is 18.3 Å². The maximum absolute atomic E-state index is 12.5. The lowest BCUT2D eigenvalue weighted by molar-refractivity contribution is -0.128. The highest BCUT2D eigenvalue weighted by molar-refractivity contribution is 5.94. The minimum Gasteiger partial charge on any atom is -0.475 e. The van der Waals surface area contributed by atoms with E-state index in [9.17, 15) is 10.1 Å². The second-order valence-electron chi connectivity index (χ2n) is 11.9. The molecule has 0 N–H and O–H groups in total. The maximum Gasteiger partial charge on any atom is 0.246 e. The van der Waals surface area contributed by atoms with Gasteiger partial charge in [-0.1, -0.05) is 12.6 Å². The topological polar surface area (TPSA) is 93.8 Å². The van der Waals surface area contributed by atoms with Crippen molar-refractivity contribution in [1.82, 2.24) is 24.6 Å². The van der Waals surface area contributed by atoms with Crippen LogP contribution < -0.4 is 14.5 Å². The highest BCUT2D eigenvalue weighted by Crippen LogP contribution is 2.40. The van der Waals surface area contributed by atoms with Gasteiger partial charge in [-0.05, 0) is 64.4 Å². The zero-order chi connectivity index (χ0) is 29.5. The number of benzene rings is 1. The van der Waals surface area contributed by atoms with E-state index in [2.05, 4.69) is 65.5 Å². The number of nitriles is 1. The van der Waals surface area contributed by atoms with Gasteiger partial charge in [0.1, 0.15) is 18.2 Å². The predicted molar refractivity (Wildman–Crippen MR) is 164 cm³/mol. The van der Waals surface area contributed by atoms with E-state index < -0.39 is 0 Å². The van der Waals surface area contributed by atoms with Crippen LogP contribution in [-0.2, 0) is 24.8 Å². The van der Waals surface area contributed by atoms with Crippen molar-refractivity contribution in [3.63, 3.8) is 0 Å². The molecule has 3 aliphatic heterocycles. The Hall–Kier alpha value is -4.10. The van der Waals surface area contributed by atoms with Crippen molar-refractivity contribution >= 4 is 28.2 Å². The predicted octanol–water partition coefficient (Wildman–Crippen LogP) is 3.41. The highest BCUT2D eigenvalue weighted by atomic mass is 16.5. The summed E-state index contributed by atoms with van der Waals surface area (Å²) in [4.78, 5) is 26.4. The second kappa shape index (κ2) is 11.3. The number of rotatable bonds is 6. The Balaban J connectivity index is 1.40. The number of likely N-dealkylation sites (tertiary alicyclic amines) is 1. The van der Waals surface area contributed by atoms with Gasteiger partial charge in [-0.2, -0.15) is 10.4 Å². The third-order valence-corrected chi connectivity index (χ3v) is 9.31. The monoisotopic (exact) mass is 568 g/mol. The molecule has 2 atom stereocenters. The zero-order valence-corrected chi connectivity index (χ0v) is 25.1. The normalized spacial score (nSPS) is 21.0. The van der Waals surface area contributed by atoms with E-state index in [0.29, 0.717) is 50.3 Å². The molecular weight excluding hydrogens is 528 g/mol. The van der Waals surface area contributed by atoms with Crippen LogP contribution in [0.5, 0.6) is 5.88 Å². The Labute approximate surface area is 247 Å². The van der Waals surface area contributed by atoms with Gasteiger partial charge in [-0.25, -0.2) is 4.98 Å². The van der Waals surface area contributed by atoms with Gasteiger partial charge in [-0.15, -0.1) is 0 Å². The van der Waals surface area contributed by atoms with Gasteiger partial charge in [0, 0.05) is 56.3 Å². The standard InChI is InChI=1S/C32H40N8O2/c1-6-29(41)40-15-14-39(18-22(40)3)31-24-11-13-38(30-21(2)9-10-28-26(30)17-34-37(28)5)19-27(24)35-32(25(31)16-33)42-20-23-8-7-12-36(23)4/h6,9-10,17,22-23H,1,7-8,11-15,18-20H2,2-5H3/t22-,23-/m0/s1. The highest BCUT2D eigenvalue weighted by Gasteiger charge is 2.34. The van der Waals surface area contributed by atoms with Crippen LogP contribution in [0.4, 0.5) is 11.4 Å². The average molecular weight is 569 g/mol. The molecule has 0 radical (unpaired) electrons. The van der Waals surface area contributed by atoms with Gasteiger partial charge in [-0.3, -0.25) is 9.48 Å². The van der Waals surface area contributed by atoms with Crippen LogP contribution in [-0.4, -0.2) is 88.9 Å². The van der Waals surface area contributed by atoms with Gasteiger partial charge in [0.25, 0.3) is 0 Å². The number of fused-ring (bicyclic) bond motifs is 2. The van der Waals surface area contributed by atoms with E-state index in [4.69, 9.17) is 9.72 Å². The van der Waals surface area contributed by atoms with Crippen LogP contribution in [0.1, 0.15) is 42.1 Å². The Bertz CT molecular complexity index is 1570. The van der Waals surface area contributed by atoms with Crippen molar-refractivity contribution in [2.75, 3.05) is 56.2 Å². The summed E-state index contributed by atoms with van der Waals surface area (Å²) >= 11 is 0. The molecule has 2 aromatic heterocycles. The molecule has 10 heteroatoms. The summed E-state index contributed by atoms with van der Waals surface area (Å²) in [5.41, 5.74) is 6.96. The Morgan fingerprint density at radius 3 is 2.74 bits per heavy atom. The summed E-state index contributed by atoms with van der Waals surface area (Å²) in [5, 5.41) is 16.2. The summed E-state index contributed by atoms with van der Waals surface area (Å²) in [7, 11) is 4.10. The lowest BCUT2D eigenvalue weighted by Crippen LogP contribution is -2.54. The van der Waals surface area contributed by atoms with Crippen molar-refractivity contribution in [2.24, 2.45) is 7.05 Å². The molecule has 2 saturated heterocycles. The molecule has 42 heavy (non-hydrogen) atoms. The average Bonchev–Trinajstić information content (AvgIpc) is 3.58. The molecule has 3 aliphatic rings. The first-order valence-electron chi connectivity index (χ1n) is 14.9. The number of hydrogen-bond acceptors (Lipinski definition) is 8. The van der Waals surface area contributed by atoms with Gasteiger partial charge in [0.2, 0.25) is 11.8 Å². The van der Waals surface area contributed by atoms with Gasteiger partial charge >= 0.3 is 0 Å². The second-order valence-corrected chi connectivity index (χ2v) is 11.9. The molecule has 0 spiro atoms. The van der Waals surface area contributed by atoms with Crippen molar-refractivity contribution in [3.8, 4) is 11.9 Å². The molecule has 10 nitrogen and oxygen atoms in total. The summed E-state index contributed by atoms with van der Waals surface area (Å²) < 4.78 is 8.32. The van der Waals surface area contributed by atoms with Crippen LogP contribution in [0.15, 0.2) is 31.0 Å². The largest absolute Gasteiger partial charge is 0.475 e. The van der Waals surface area contributed by atoms with Crippen molar-refractivity contribution < 1.29 is 9.53 Å². The smallest absolute Gasteiger partial charge is 0.246 e. The number of nitrogens with zero attached hydrogens (tertiary/aromatic N) is 8. The fraction of sp³-hybridized carbons (Fsp3) is 0.500. The van der Waals surface area contributed by atoms with E-state index in [0.717, 1.165) is 60.2 Å². The van der Waals surface area contributed by atoms with Crippen LogP contribution in [0.3, 0.4) is 0 Å². The number of anilines is 2. The van der Waals surface area contributed by atoms with Crippen LogP contribution in [0.25, 0.3) is 10.9 Å². The fourth-order valence-corrected chi connectivity index (χ4v) is 6.99. The molecule has 220 valence electrons. The SMILES string of the molecule is C=CC(=O)N1CCN(c2c(C#N)c(OC[C@@H]3CCCN3C)nc3c2CCN(c2c(C)ccc4c2cnn4C)C3)C[C@@H]1C. The number of pyridine rings is 1. The minimum atomic E-state index is -0.0558. The van der Waals surface area contributed by atoms with Gasteiger partial charge < -0.3 is 24.3 Å². The first-order valence-corrected chi connectivity index (χ1v) is 14.9. The van der Waals surface area contributed by atoms with Crippen LogP contribution in [0.2, 0.25) is 0 Å². The molecule has 3 aromatic rings. The first kappa shape index (κ1) is 28.0. The lowest BCUT2D eigenvalue weighted by atomic mass is 9.96. The van der Waals surface area contributed by atoms with Crippen molar-refractivity contribution in [2.45, 2.75) is 51.7 Å². The third-order valence-electron chi connectivity index (χ3n) is 9.31. The number of ether oxygens (including phenoxy) is 1. The molecular formula is C32H40N8O2. The summed E-state index contributed by atoms with van der Waals surface area (Å²) in [6, 6.07) is 7.06. The first-order chi connectivity index (χ1) is 20.3. The Morgan fingerprint density at radius 2 is 2.02 bits per heavy atom. The number of carbonyl (C=O) groups is 1. The van der Waals surface area contributed by atoms with E-state index in [-0.39, 0.29) is 11.9 Å². The summed E-state index contributed by atoms with van der Waals surface area (Å²) in [6.45, 7) is 12.7. The molecule has 1 aromatic carbocycles. The number of aryl methyl sites for hydroxylation is 2. The number of likely N-dealkylation sites (N-methyl/N-ethyl adjacent to an activating group) is 1. The molecule has 5 heterocycles. The Morgan fingerprint density at radius 1 is 1.19 bits per heavy atom. The quantitative estimate of drug-likeness (QED) is 0.418. The van der Waals surface area contributed by atoms with Crippen LogP contribution >= 0.6 is 0 Å². The fourth-order valence-electron chi connectivity index (χ4n) is 6.99. The van der Waals surface area contributed by atoms with E-state index in [1.807, 2.05) is 22.8 Å². The number of aromatic nitrogens is 3. The van der Waals surface area contributed by atoms with Crippen molar-refractivity contribution in [1.29, 1.82) is 5.26 Å². The van der Waals surface area contributed by atoms with E-state index in [1.165, 1.54) is 17.3 Å². The zero-order valence-electron chi connectivity index (χ0n) is 25.1. The minimum absolute atomic E-state index is 0.0120. The molecule has 0 aliphatic carbocycles. The molecule has 0 saturated carbocycles. The number of hydrogen-bond donors (Lipinski definition) is 0. The van der Waals surface area contributed by atoms with Gasteiger partial charge in [0.15, 0.2) is 0 Å². The summed E-state index contributed by atoms with van der Waals surface area (Å²) in [5.74, 6) is 0.363. The third kappa shape index (κ3) is 4.86. The molecule has 6 rings (SSSR count). The van der Waals surface area contributed by atoms with Gasteiger partial charge in [0.05, 0.1) is 35.3 Å². The number of piperazine rings is 1. The number of amides is 1. The van der Waals surface area contributed by atoms with E-state index in [1.54, 1.807) is 0 Å². The Kier molecular flexibility index (Phi) is 7.54.